The number of piperazine rings is 1. The van der Waals surface area contributed by atoms with Gasteiger partial charge in [-0.3, -0.25) is 14.8 Å². The van der Waals surface area contributed by atoms with Gasteiger partial charge < -0.3 is 19.5 Å². The van der Waals surface area contributed by atoms with Crippen LogP contribution in [0.2, 0.25) is 0 Å². The van der Waals surface area contributed by atoms with Crippen molar-refractivity contribution in [1.29, 1.82) is 0 Å². The summed E-state index contributed by atoms with van der Waals surface area (Å²) in [7, 11) is 1.64. The van der Waals surface area contributed by atoms with E-state index >= 15 is 0 Å². The van der Waals surface area contributed by atoms with Gasteiger partial charge in [-0.05, 0) is 18.2 Å². The minimum absolute atomic E-state index is 0.142. The van der Waals surface area contributed by atoms with E-state index < -0.39 is 0 Å². The molecule has 3 heterocycles. The van der Waals surface area contributed by atoms with Crippen molar-refractivity contribution in [2.45, 2.75) is 6.54 Å². The SMILES string of the molecule is COCCOc1ccc2c(c1CN1CCNCC1)O/C(=C\c1n[nH]c3ccccc13)C2=O. The van der Waals surface area contributed by atoms with E-state index in [0.717, 1.165) is 48.4 Å². The minimum atomic E-state index is -0.142. The van der Waals surface area contributed by atoms with E-state index in [1.165, 1.54) is 0 Å². The molecule has 1 aromatic heterocycles. The molecule has 8 nitrogen and oxygen atoms in total. The van der Waals surface area contributed by atoms with E-state index in [9.17, 15) is 4.79 Å². The molecule has 2 aliphatic rings. The number of carbonyl (C=O) groups excluding carboxylic acids is 1. The van der Waals surface area contributed by atoms with Crippen LogP contribution in [0.25, 0.3) is 17.0 Å². The molecular formula is C24H26N4O4. The molecular weight excluding hydrogens is 408 g/mol. The van der Waals surface area contributed by atoms with Crippen LogP contribution in [0, 0.1) is 0 Å². The largest absolute Gasteiger partial charge is 0.491 e. The third kappa shape index (κ3) is 4.00. The van der Waals surface area contributed by atoms with Gasteiger partial charge in [0.25, 0.3) is 0 Å². The minimum Gasteiger partial charge on any atom is -0.491 e. The van der Waals surface area contributed by atoms with Crippen molar-refractivity contribution >= 4 is 22.8 Å². The summed E-state index contributed by atoms with van der Waals surface area (Å²) in [5.74, 6) is 1.43. The molecule has 32 heavy (non-hydrogen) atoms. The maximum atomic E-state index is 13.2. The summed E-state index contributed by atoms with van der Waals surface area (Å²) >= 11 is 0. The number of Topliss-reactive ketones (excluding diaryl/α,β-unsaturated/α-hetero) is 1. The first-order valence-electron chi connectivity index (χ1n) is 10.8. The smallest absolute Gasteiger partial charge is 0.232 e. The second-order valence-electron chi connectivity index (χ2n) is 7.88. The molecule has 1 fully saturated rings. The Bertz CT molecular complexity index is 1160. The first-order valence-corrected chi connectivity index (χ1v) is 10.8. The number of carbonyl (C=O) groups is 1. The van der Waals surface area contributed by atoms with Crippen LogP contribution in [0.15, 0.2) is 42.2 Å². The average molecular weight is 434 g/mol. The molecule has 8 heteroatoms. The van der Waals surface area contributed by atoms with Crippen molar-refractivity contribution in [3.05, 3.63) is 59.0 Å². The van der Waals surface area contributed by atoms with E-state index in [4.69, 9.17) is 14.2 Å². The number of hydrogen-bond acceptors (Lipinski definition) is 7. The monoisotopic (exact) mass is 434 g/mol. The molecule has 2 aromatic carbocycles. The highest BCUT2D eigenvalue weighted by atomic mass is 16.5. The molecule has 0 amide bonds. The van der Waals surface area contributed by atoms with Crippen LogP contribution in [0.5, 0.6) is 11.5 Å². The molecule has 0 unspecified atom stereocenters. The number of rotatable bonds is 7. The van der Waals surface area contributed by atoms with Gasteiger partial charge in [0.2, 0.25) is 5.78 Å². The van der Waals surface area contributed by atoms with Gasteiger partial charge in [0.15, 0.2) is 5.76 Å². The van der Waals surface area contributed by atoms with Crippen LogP contribution < -0.4 is 14.8 Å². The van der Waals surface area contributed by atoms with E-state index in [-0.39, 0.29) is 11.5 Å². The number of para-hydroxylation sites is 1. The maximum Gasteiger partial charge on any atom is 0.232 e. The molecule has 0 radical (unpaired) electrons. The number of aromatic amines is 1. The molecule has 0 bridgehead atoms. The van der Waals surface area contributed by atoms with E-state index in [1.807, 2.05) is 30.3 Å². The van der Waals surface area contributed by atoms with Gasteiger partial charge in [-0.25, -0.2) is 0 Å². The quantitative estimate of drug-likeness (QED) is 0.437. The fraction of sp³-hybridized carbons (Fsp3) is 0.333. The third-order valence-corrected chi connectivity index (χ3v) is 5.80. The van der Waals surface area contributed by atoms with Gasteiger partial charge in [0.1, 0.15) is 18.1 Å². The van der Waals surface area contributed by atoms with E-state index in [0.29, 0.717) is 36.8 Å². The topological polar surface area (TPSA) is 88.7 Å². The second kappa shape index (κ2) is 9.12. The maximum absolute atomic E-state index is 13.2. The average Bonchev–Trinajstić information content (AvgIpc) is 3.37. The molecule has 5 rings (SSSR count). The van der Waals surface area contributed by atoms with Crippen LogP contribution in [-0.4, -0.2) is 67.4 Å². The van der Waals surface area contributed by atoms with Gasteiger partial charge in [0, 0.05) is 51.3 Å². The predicted octanol–water partition coefficient (Wildman–Crippen LogP) is 2.61. The van der Waals surface area contributed by atoms with Crippen LogP contribution in [-0.2, 0) is 11.3 Å². The Morgan fingerprint density at radius 1 is 1.16 bits per heavy atom. The highest BCUT2D eigenvalue weighted by Crippen LogP contribution is 2.41. The number of ether oxygens (including phenoxy) is 3. The summed E-state index contributed by atoms with van der Waals surface area (Å²) in [6.07, 6.45) is 1.71. The summed E-state index contributed by atoms with van der Waals surface area (Å²) < 4.78 is 17.3. The summed E-state index contributed by atoms with van der Waals surface area (Å²) in [5, 5.41) is 11.7. The highest BCUT2D eigenvalue weighted by molar-refractivity contribution is 6.15. The number of benzene rings is 2. The lowest BCUT2D eigenvalue weighted by atomic mass is 10.0. The molecule has 0 atom stereocenters. The molecule has 0 spiro atoms. The lowest BCUT2D eigenvalue weighted by molar-refractivity contribution is 0.101. The Morgan fingerprint density at radius 2 is 2.00 bits per heavy atom. The molecule has 2 aliphatic heterocycles. The zero-order valence-electron chi connectivity index (χ0n) is 18.0. The van der Waals surface area contributed by atoms with Crippen LogP contribution >= 0.6 is 0 Å². The van der Waals surface area contributed by atoms with Crippen molar-refractivity contribution in [2.75, 3.05) is 46.5 Å². The fourth-order valence-electron chi connectivity index (χ4n) is 4.12. The zero-order chi connectivity index (χ0) is 21.9. The third-order valence-electron chi connectivity index (χ3n) is 5.80. The first kappa shape index (κ1) is 20.7. The lowest BCUT2D eigenvalue weighted by Crippen LogP contribution is -2.43. The van der Waals surface area contributed by atoms with Gasteiger partial charge in [-0.15, -0.1) is 0 Å². The Hall–Kier alpha value is -3.20. The normalized spacial score (nSPS) is 17.7. The van der Waals surface area contributed by atoms with Gasteiger partial charge in [-0.2, -0.15) is 5.10 Å². The summed E-state index contributed by atoms with van der Waals surface area (Å²) in [6, 6.07) is 11.4. The van der Waals surface area contributed by atoms with Crippen LogP contribution in [0.3, 0.4) is 0 Å². The van der Waals surface area contributed by atoms with E-state index in [1.54, 1.807) is 19.3 Å². The van der Waals surface area contributed by atoms with Gasteiger partial charge in [-0.1, -0.05) is 18.2 Å². The summed E-state index contributed by atoms with van der Waals surface area (Å²) in [5.41, 5.74) is 3.04. The number of aromatic nitrogens is 2. The Kier molecular flexibility index (Phi) is 5.89. The molecule has 3 aromatic rings. The summed E-state index contributed by atoms with van der Waals surface area (Å²) in [6.45, 7) is 5.30. The number of H-pyrrole nitrogens is 1. The molecule has 1 saturated heterocycles. The number of ketones is 1. The van der Waals surface area contributed by atoms with Crippen LogP contribution in [0.1, 0.15) is 21.6 Å². The van der Waals surface area contributed by atoms with Crippen molar-refractivity contribution in [1.82, 2.24) is 20.4 Å². The summed E-state index contributed by atoms with van der Waals surface area (Å²) in [4.78, 5) is 15.5. The number of nitrogens with zero attached hydrogens (tertiary/aromatic N) is 2. The molecule has 166 valence electrons. The van der Waals surface area contributed by atoms with Gasteiger partial charge in [0.05, 0.1) is 28.9 Å². The van der Waals surface area contributed by atoms with E-state index in [2.05, 4.69) is 20.4 Å². The number of nitrogens with one attached hydrogen (secondary N) is 2. The van der Waals surface area contributed by atoms with Gasteiger partial charge >= 0.3 is 0 Å². The Morgan fingerprint density at radius 3 is 2.84 bits per heavy atom. The Labute approximate surface area is 186 Å². The number of fused-ring (bicyclic) bond motifs is 2. The molecule has 0 saturated carbocycles. The predicted molar refractivity (Wildman–Crippen MR) is 121 cm³/mol. The lowest BCUT2D eigenvalue weighted by Gasteiger charge is -2.28. The first-order chi connectivity index (χ1) is 15.7. The molecule has 2 N–H and O–H groups in total. The second-order valence-corrected chi connectivity index (χ2v) is 7.88. The zero-order valence-corrected chi connectivity index (χ0v) is 18.0. The molecule has 0 aliphatic carbocycles. The number of methoxy groups -OCH3 is 1. The van der Waals surface area contributed by atoms with Crippen LogP contribution in [0.4, 0.5) is 0 Å². The van der Waals surface area contributed by atoms with Crippen molar-refractivity contribution in [3.63, 3.8) is 0 Å². The number of allylic oxidation sites excluding steroid dienone is 1. The fourth-order valence-corrected chi connectivity index (χ4v) is 4.12. The standard InChI is InChI=1S/C24H26N4O4/c1-30-12-13-31-21-7-6-17-23(29)22(14-20-16-4-2-3-5-19(16)26-27-20)32-24(17)18(21)15-28-10-8-25-9-11-28/h2-7,14,25H,8-13,15H2,1H3,(H,26,27)/b22-14-. The number of hydrogen-bond donors (Lipinski definition) is 2. The Balaban J connectivity index is 1.49. The van der Waals surface area contributed by atoms with Crippen molar-refractivity contribution < 1.29 is 19.0 Å². The highest BCUT2D eigenvalue weighted by Gasteiger charge is 2.32. The van der Waals surface area contributed by atoms with Crippen molar-refractivity contribution in [2.24, 2.45) is 0 Å². The van der Waals surface area contributed by atoms with Crippen molar-refractivity contribution in [3.8, 4) is 11.5 Å².